The van der Waals surface area contributed by atoms with Gasteiger partial charge in [0.15, 0.2) is 5.82 Å². The Morgan fingerprint density at radius 2 is 1.77 bits per heavy atom. The van der Waals surface area contributed by atoms with Gasteiger partial charge in [0.2, 0.25) is 5.91 Å². The lowest BCUT2D eigenvalue weighted by atomic mass is 10.2. The summed E-state index contributed by atoms with van der Waals surface area (Å²) in [5.74, 6) is 1.52. The fourth-order valence-electron chi connectivity index (χ4n) is 3.60. The molecule has 3 aromatic rings. The van der Waals surface area contributed by atoms with Crippen molar-refractivity contribution >= 4 is 29.0 Å². The number of aryl methyl sites for hydroxylation is 1. The number of nitrogens with one attached hydrogen (secondary N) is 1. The van der Waals surface area contributed by atoms with Crippen LogP contribution in [-0.2, 0) is 4.79 Å². The Morgan fingerprint density at radius 1 is 1.03 bits per heavy atom. The number of hydrogen-bond acceptors (Lipinski definition) is 6. The molecule has 1 fully saturated rings. The number of aromatic nitrogens is 3. The van der Waals surface area contributed by atoms with Crippen LogP contribution in [0.5, 0.6) is 0 Å². The number of hydrogen-bond donors (Lipinski definition) is 1. The first-order valence-electron chi connectivity index (χ1n) is 10.3. The number of halogens is 1. The van der Waals surface area contributed by atoms with Crippen molar-refractivity contribution in [2.75, 3.05) is 42.9 Å². The van der Waals surface area contributed by atoms with Crippen molar-refractivity contribution in [3.05, 3.63) is 64.9 Å². The van der Waals surface area contributed by atoms with Crippen LogP contribution in [0, 0.1) is 13.8 Å². The zero-order valence-electron chi connectivity index (χ0n) is 17.7. The molecule has 0 radical (unpaired) electrons. The lowest BCUT2D eigenvalue weighted by Gasteiger charge is -2.36. The third kappa shape index (κ3) is 5.00. The van der Waals surface area contributed by atoms with Gasteiger partial charge in [-0.25, -0.2) is 9.97 Å². The molecule has 0 spiro atoms. The average Bonchev–Trinajstić information content (AvgIpc) is 2.78. The summed E-state index contributed by atoms with van der Waals surface area (Å²) in [7, 11) is 0. The molecule has 0 aliphatic carbocycles. The SMILES string of the molecule is Cc1nc(-c2ccccn2)nc(N2CCN(CC(=O)Nc3ccccc3Cl)CC2)c1C. The Morgan fingerprint density at radius 3 is 2.48 bits per heavy atom. The third-order valence-electron chi connectivity index (χ3n) is 5.44. The minimum atomic E-state index is -0.0620. The minimum absolute atomic E-state index is 0.0620. The van der Waals surface area contributed by atoms with E-state index in [4.69, 9.17) is 16.6 Å². The number of benzene rings is 1. The number of piperazine rings is 1. The van der Waals surface area contributed by atoms with Gasteiger partial charge in [-0.3, -0.25) is 14.7 Å². The van der Waals surface area contributed by atoms with Crippen molar-refractivity contribution in [2.24, 2.45) is 0 Å². The van der Waals surface area contributed by atoms with Gasteiger partial charge in [0.05, 0.1) is 17.3 Å². The van der Waals surface area contributed by atoms with Crippen LogP contribution in [0.4, 0.5) is 11.5 Å². The van der Waals surface area contributed by atoms with Gasteiger partial charge >= 0.3 is 0 Å². The Kier molecular flexibility index (Phi) is 6.44. The summed E-state index contributed by atoms with van der Waals surface area (Å²) >= 11 is 6.13. The molecule has 1 N–H and O–H groups in total. The van der Waals surface area contributed by atoms with E-state index in [0.717, 1.165) is 48.9 Å². The second-order valence-electron chi connectivity index (χ2n) is 7.59. The third-order valence-corrected chi connectivity index (χ3v) is 5.77. The van der Waals surface area contributed by atoms with Crippen LogP contribution in [0.1, 0.15) is 11.3 Å². The van der Waals surface area contributed by atoms with Gasteiger partial charge in [-0.2, -0.15) is 0 Å². The van der Waals surface area contributed by atoms with Crippen LogP contribution in [0.15, 0.2) is 48.7 Å². The number of pyridine rings is 1. The summed E-state index contributed by atoms with van der Waals surface area (Å²) in [4.78, 5) is 30.7. The molecule has 0 unspecified atom stereocenters. The van der Waals surface area contributed by atoms with Crippen molar-refractivity contribution in [1.29, 1.82) is 0 Å². The van der Waals surface area contributed by atoms with E-state index in [-0.39, 0.29) is 5.91 Å². The molecule has 1 saturated heterocycles. The van der Waals surface area contributed by atoms with E-state index >= 15 is 0 Å². The second-order valence-corrected chi connectivity index (χ2v) is 7.99. The maximum atomic E-state index is 12.4. The van der Waals surface area contributed by atoms with Crippen LogP contribution in [0.25, 0.3) is 11.5 Å². The van der Waals surface area contributed by atoms with Crippen LogP contribution in [0.2, 0.25) is 5.02 Å². The molecule has 8 heteroatoms. The van der Waals surface area contributed by atoms with Gasteiger partial charge in [0, 0.05) is 43.6 Å². The van der Waals surface area contributed by atoms with Gasteiger partial charge in [-0.15, -0.1) is 0 Å². The highest BCUT2D eigenvalue weighted by atomic mass is 35.5. The molecule has 1 aromatic carbocycles. The zero-order chi connectivity index (χ0) is 21.8. The first-order chi connectivity index (χ1) is 15.0. The zero-order valence-corrected chi connectivity index (χ0v) is 18.4. The van der Waals surface area contributed by atoms with E-state index < -0.39 is 0 Å². The second kappa shape index (κ2) is 9.41. The topological polar surface area (TPSA) is 74.2 Å². The fraction of sp³-hybridized carbons (Fsp3) is 0.304. The molecular weight excluding hydrogens is 412 g/mol. The Labute approximate surface area is 187 Å². The first kappa shape index (κ1) is 21.2. The van der Waals surface area contributed by atoms with E-state index in [0.29, 0.717) is 23.1 Å². The van der Waals surface area contributed by atoms with Crippen molar-refractivity contribution in [2.45, 2.75) is 13.8 Å². The highest BCUT2D eigenvalue weighted by Gasteiger charge is 2.23. The number of para-hydroxylation sites is 1. The van der Waals surface area contributed by atoms with Gasteiger partial charge in [-0.1, -0.05) is 29.8 Å². The van der Waals surface area contributed by atoms with Gasteiger partial charge in [-0.05, 0) is 38.1 Å². The summed E-state index contributed by atoms with van der Waals surface area (Å²) in [6.45, 7) is 7.52. The van der Waals surface area contributed by atoms with Crippen molar-refractivity contribution in [1.82, 2.24) is 19.9 Å². The quantitative estimate of drug-likeness (QED) is 0.659. The lowest BCUT2D eigenvalue weighted by molar-refractivity contribution is -0.117. The molecule has 31 heavy (non-hydrogen) atoms. The van der Waals surface area contributed by atoms with Crippen LogP contribution in [0.3, 0.4) is 0 Å². The molecule has 0 bridgehead atoms. The van der Waals surface area contributed by atoms with Crippen LogP contribution >= 0.6 is 11.6 Å². The number of rotatable bonds is 5. The largest absolute Gasteiger partial charge is 0.354 e. The highest BCUT2D eigenvalue weighted by Crippen LogP contribution is 2.25. The van der Waals surface area contributed by atoms with E-state index in [1.807, 2.05) is 37.3 Å². The van der Waals surface area contributed by atoms with Crippen LogP contribution in [-0.4, -0.2) is 58.5 Å². The molecule has 1 amide bonds. The maximum Gasteiger partial charge on any atom is 0.238 e. The standard InChI is InChI=1S/C23H25ClN6O/c1-16-17(2)26-22(20-9-5-6-10-25-20)28-23(16)30-13-11-29(12-14-30)15-21(31)27-19-8-4-3-7-18(19)24/h3-10H,11-15H2,1-2H3,(H,27,31). The minimum Gasteiger partial charge on any atom is -0.354 e. The van der Waals surface area contributed by atoms with Gasteiger partial charge < -0.3 is 10.2 Å². The Balaban J connectivity index is 1.40. The molecular formula is C23H25ClN6O. The Hall–Kier alpha value is -3.03. The summed E-state index contributed by atoms with van der Waals surface area (Å²) in [5, 5.41) is 3.43. The molecule has 7 nitrogen and oxygen atoms in total. The summed E-state index contributed by atoms with van der Waals surface area (Å²) in [5.41, 5.74) is 3.43. The summed E-state index contributed by atoms with van der Waals surface area (Å²) < 4.78 is 0. The lowest BCUT2D eigenvalue weighted by Crippen LogP contribution is -2.49. The number of nitrogens with zero attached hydrogens (tertiary/aromatic N) is 5. The van der Waals surface area contributed by atoms with E-state index in [1.54, 1.807) is 18.3 Å². The van der Waals surface area contributed by atoms with Crippen LogP contribution < -0.4 is 10.2 Å². The number of amides is 1. The molecule has 1 aliphatic heterocycles. The van der Waals surface area contributed by atoms with Gasteiger partial charge in [0.25, 0.3) is 0 Å². The maximum absolute atomic E-state index is 12.4. The number of anilines is 2. The fourth-order valence-corrected chi connectivity index (χ4v) is 3.79. The van der Waals surface area contributed by atoms with Crippen molar-refractivity contribution in [3.63, 3.8) is 0 Å². The smallest absolute Gasteiger partial charge is 0.238 e. The molecule has 0 saturated carbocycles. The predicted molar refractivity (Wildman–Crippen MR) is 123 cm³/mol. The van der Waals surface area contributed by atoms with Crippen molar-refractivity contribution < 1.29 is 4.79 Å². The highest BCUT2D eigenvalue weighted by molar-refractivity contribution is 6.33. The van der Waals surface area contributed by atoms with E-state index in [9.17, 15) is 4.79 Å². The summed E-state index contributed by atoms with van der Waals surface area (Å²) in [6, 6.07) is 13.0. The molecule has 2 aromatic heterocycles. The normalized spacial score (nSPS) is 14.5. The average molecular weight is 437 g/mol. The molecule has 0 atom stereocenters. The summed E-state index contributed by atoms with van der Waals surface area (Å²) in [6.07, 6.45) is 1.75. The predicted octanol–water partition coefficient (Wildman–Crippen LogP) is 3.57. The molecule has 4 rings (SSSR count). The number of carbonyl (C=O) groups excluding carboxylic acids is 1. The monoisotopic (exact) mass is 436 g/mol. The molecule has 1 aliphatic rings. The number of carbonyl (C=O) groups is 1. The molecule has 160 valence electrons. The first-order valence-corrected chi connectivity index (χ1v) is 10.7. The molecule has 3 heterocycles. The van der Waals surface area contributed by atoms with E-state index in [2.05, 4.69) is 32.0 Å². The van der Waals surface area contributed by atoms with E-state index in [1.165, 1.54) is 0 Å². The van der Waals surface area contributed by atoms with Crippen molar-refractivity contribution in [3.8, 4) is 11.5 Å². The van der Waals surface area contributed by atoms with Gasteiger partial charge in [0.1, 0.15) is 11.5 Å². The Bertz CT molecular complexity index is 1070.